The lowest BCUT2D eigenvalue weighted by atomic mass is 10.0. The van der Waals surface area contributed by atoms with E-state index < -0.39 is 6.10 Å². The fourth-order valence-electron chi connectivity index (χ4n) is 3.09. The van der Waals surface area contributed by atoms with Crippen molar-refractivity contribution in [3.8, 4) is 0 Å². The van der Waals surface area contributed by atoms with Gasteiger partial charge in [0.1, 0.15) is 31.3 Å². The summed E-state index contributed by atoms with van der Waals surface area (Å²) in [5.41, 5.74) is 1.08. The molecule has 5 unspecified atom stereocenters. The lowest BCUT2D eigenvalue weighted by Crippen LogP contribution is -3.11. The van der Waals surface area contributed by atoms with E-state index in [0.29, 0.717) is 6.54 Å². The Bertz CT molecular complexity index is 437. The van der Waals surface area contributed by atoms with Gasteiger partial charge in [-0.05, 0) is 0 Å². The molecule has 19 heavy (non-hydrogen) atoms. The lowest BCUT2D eigenvalue weighted by molar-refractivity contribution is -0.885. The van der Waals surface area contributed by atoms with Crippen LogP contribution in [0.4, 0.5) is 0 Å². The molecule has 0 spiro atoms. The third-order valence-corrected chi connectivity index (χ3v) is 4.15. The van der Waals surface area contributed by atoms with Crippen LogP contribution >= 0.6 is 0 Å². The van der Waals surface area contributed by atoms with Gasteiger partial charge in [-0.1, -0.05) is 0 Å². The van der Waals surface area contributed by atoms with E-state index in [1.807, 2.05) is 6.20 Å². The van der Waals surface area contributed by atoms with Crippen LogP contribution in [0.5, 0.6) is 0 Å². The van der Waals surface area contributed by atoms with Gasteiger partial charge in [0.2, 0.25) is 5.91 Å². The first-order chi connectivity index (χ1) is 9.19. The number of aliphatic hydroxyl groups excluding tert-OH is 2. The molecule has 1 amide bonds. The number of aliphatic hydroxyl groups is 2. The van der Waals surface area contributed by atoms with Gasteiger partial charge in [0.05, 0.1) is 25.4 Å². The van der Waals surface area contributed by atoms with Gasteiger partial charge in [-0.25, -0.2) is 0 Å². The average Bonchev–Trinajstić information content (AvgIpc) is 2.95. The Morgan fingerprint density at radius 1 is 1.47 bits per heavy atom. The molecule has 3 heterocycles. The van der Waals surface area contributed by atoms with Gasteiger partial charge < -0.3 is 25.7 Å². The molecule has 1 saturated heterocycles. The van der Waals surface area contributed by atoms with E-state index in [1.165, 1.54) is 11.2 Å². The van der Waals surface area contributed by atoms with Crippen LogP contribution < -0.4 is 15.5 Å². The van der Waals surface area contributed by atoms with Gasteiger partial charge in [-0.3, -0.25) is 9.79 Å². The van der Waals surface area contributed by atoms with Crippen LogP contribution in [-0.4, -0.2) is 66.9 Å². The molecule has 5 N–H and O–H groups in total. The summed E-state index contributed by atoms with van der Waals surface area (Å²) in [6.45, 7) is 2.15. The molecule has 3 aliphatic rings. The maximum absolute atomic E-state index is 11.6. The number of fused-ring (bicyclic) bond motifs is 1. The smallest absolute Gasteiger partial charge is 0.250 e. The number of likely N-dealkylation sites (tertiary alicyclic amines) is 1. The minimum atomic E-state index is -0.441. The number of carbonyl (C=O) groups excluding carboxylic acids is 1. The van der Waals surface area contributed by atoms with Crippen LogP contribution in [-0.2, 0) is 4.79 Å². The van der Waals surface area contributed by atoms with E-state index in [-0.39, 0.29) is 30.5 Å². The van der Waals surface area contributed by atoms with Crippen molar-refractivity contribution >= 4 is 12.2 Å². The van der Waals surface area contributed by atoms with E-state index in [0.717, 1.165) is 18.7 Å². The number of aliphatic imine (C=N–C) groups is 1. The van der Waals surface area contributed by atoms with Gasteiger partial charge in [0, 0.05) is 11.8 Å². The minimum Gasteiger partial charge on any atom is -0.396 e. The van der Waals surface area contributed by atoms with E-state index in [2.05, 4.69) is 15.6 Å². The van der Waals surface area contributed by atoms with Gasteiger partial charge in [0.25, 0.3) is 0 Å². The highest BCUT2D eigenvalue weighted by Crippen LogP contribution is 2.18. The molecule has 0 aromatic rings. The van der Waals surface area contributed by atoms with Gasteiger partial charge in [-0.2, -0.15) is 0 Å². The van der Waals surface area contributed by atoms with Gasteiger partial charge >= 0.3 is 0 Å². The zero-order valence-corrected chi connectivity index (χ0v) is 10.5. The lowest BCUT2D eigenvalue weighted by Gasteiger charge is -2.22. The largest absolute Gasteiger partial charge is 0.396 e. The molecule has 0 aromatic heterocycles. The van der Waals surface area contributed by atoms with Gasteiger partial charge in [0.15, 0.2) is 0 Å². The fourth-order valence-corrected chi connectivity index (χ4v) is 3.09. The van der Waals surface area contributed by atoms with Gasteiger partial charge in [-0.15, -0.1) is 0 Å². The number of carbonyl (C=O) groups is 1. The molecule has 7 heteroatoms. The summed E-state index contributed by atoms with van der Waals surface area (Å²) in [6, 6.07) is -0.438. The molecule has 104 valence electrons. The zero-order chi connectivity index (χ0) is 13.4. The van der Waals surface area contributed by atoms with Crippen molar-refractivity contribution in [2.75, 3.05) is 26.2 Å². The molecule has 3 aliphatic heterocycles. The molecular weight excluding hydrogens is 248 g/mol. The Hall–Kier alpha value is -1.44. The van der Waals surface area contributed by atoms with E-state index in [1.54, 1.807) is 0 Å². The van der Waals surface area contributed by atoms with Crippen molar-refractivity contribution in [3.05, 3.63) is 11.8 Å². The third kappa shape index (κ3) is 2.24. The second kappa shape index (κ2) is 4.92. The summed E-state index contributed by atoms with van der Waals surface area (Å²) in [6.07, 6.45) is 2.88. The van der Waals surface area contributed by atoms with Crippen LogP contribution in [0.1, 0.15) is 0 Å². The summed E-state index contributed by atoms with van der Waals surface area (Å²) < 4.78 is 0. The Morgan fingerprint density at radius 2 is 2.32 bits per heavy atom. The highest BCUT2D eigenvalue weighted by molar-refractivity contribution is 5.95. The fraction of sp³-hybridized carbons (Fsp3) is 0.667. The standard InChI is InChI=1S/C12H18N4O3/c17-5-8-3-16(4-9(8)18)2-7-1-13-11-10(7)14-6-15-12(11)19/h1,6,8-11,13,17-18H,2-5H2,(H,14,15,19)/p+1. The zero-order valence-electron chi connectivity index (χ0n) is 10.5. The molecule has 0 radical (unpaired) electrons. The van der Waals surface area contributed by atoms with Crippen molar-refractivity contribution < 1.29 is 19.9 Å². The maximum Gasteiger partial charge on any atom is 0.250 e. The Kier molecular flexibility index (Phi) is 3.26. The number of rotatable bonds is 3. The first kappa shape index (κ1) is 12.6. The number of hydrogen-bond acceptors (Lipinski definition) is 5. The van der Waals surface area contributed by atoms with Crippen molar-refractivity contribution in [2.24, 2.45) is 10.9 Å². The van der Waals surface area contributed by atoms with E-state index in [4.69, 9.17) is 5.11 Å². The summed E-state index contributed by atoms with van der Waals surface area (Å²) in [4.78, 5) is 17.2. The van der Waals surface area contributed by atoms with Crippen molar-refractivity contribution in [1.82, 2.24) is 10.6 Å². The Morgan fingerprint density at radius 3 is 3.05 bits per heavy atom. The molecule has 7 nitrogen and oxygen atoms in total. The van der Waals surface area contributed by atoms with Crippen LogP contribution in [0.25, 0.3) is 0 Å². The molecular formula is C12H19N4O3+. The molecule has 0 saturated carbocycles. The maximum atomic E-state index is 11.6. The van der Waals surface area contributed by atoms with E-state index in [9.17, 15) is 9.90 Å². The third-order valence-electron chi connectivity index (χ3n) is 4.15. The molecule has 1 fully saturated rings. The number of nitrogens with zero attached hydrogens (tertiary/aromatic N) is 1. The topological polar surface area (TPSA) is 98.4 Å². The van der Waals surface area contributed by atoms with Crippen LogP contribution in [0.2, 0.25) is 0 Å². The van der Waals surface area contributed by atoms with Crippen LogP contribution in [0, 0.1) is 5.92 Å². The average molecular weight is 267 g/mol. The van der Waals surface area contributed by atoms with Crippen molar-refractivity contribution in [3.63, 3.8) is 0 Å². The molecule has 0 aliphatic carbocycles. The quantitative estimate of drug-likeness (QED) is 0.363. The Labute approximate surface area is 111 Å². The summed E-state index contributed by atoms with van der Waals surface area (Å²) >= 11 is 0. The monoisotopic (exact) mass is 267 g/mol. The molecule has 0 bridgehead atoms. The molecule has 5 atom stereocenters. The normalized spacial score (nSPS) is 40.6. The minimum absolute atomic E-state index is 0.0224. The number of hydrogen-bond donors (Lipinski definition) is 5. The number of quaternary nitrogens is 1. The van der Waals surface area contributed by atoms with Crippen molar-refractivity contribution in [1.29, 1.82) is 0 Å². The van der Waals surface area contributed by atoms with Crippen molar-refractivity contribution in [2.45, 2.75) is 18.2 Å². The molecule has 0 aromatic carbocycles. The highest BCUT2D eigenvalue weighted by Gasteiger charge is 2.40. The summed E-state index contributed by atoms with van der Waals surface area (Å²) in [5, 5.41) is 24.6. The summed E-state index contributed by atoms with van der Waals surface area (Å²) in [7, 11) is 0. The summed E-state index contributed by atoms with van der Waals surface area (Å²) in [5.74, 6) is -0.102. The molecule has 3 rings (SSSR count). The second-order valence-corrected chi connectivity index (χ2v) is 5.44. The number of nitrogens with one attached hydrogen (secondary N) is 3. The predicted octanol–water partition coefficient (Wildman–Crippen LogP) is -3.76. The second-order valence-electron chi connectivity index (χ2n) is 5.44. The first-order valence-electron chi connectivity index (χ1n) is 6.58. The van der Waals surface area contributed by atoms with Crippen LogP contribution in [0.3, 0.4) is 0 Å². The number of amides is 1. The first-order valence-corrected chi connectivity index (χ1v) is 6.58. The Balaban J connectivity index is 1.64. The SMILES string of the molecule is O=C1NC=NC2C(C[NH+]3CC(O)C(CO)C3)=CNC12. The highest BCUT2D eigenvalue weighted by atomic mass is 16.3. The van der Waals surface area contributed by atoms with Crippen LogP contribution in [0.15, 0.2) is 16.8 Å². The predicted molar refractivity (Wildman–Crippen MR) is 67.6 cm³/mol. The van der Waals surface area contributed by atoms with E-state index >= 15 is 0 Å².